The Hall–Kier alpha value is -0.710. The standard InChI is InChI=1S/C17H10Br3F/c18-14-9-8-12(10-4-1-2-5-11(10)14)16(20)13-6-3-7-15(19)17(13)21/h1-9,16H. The molecule has 3 aromatic carbocycles. The first-order valence-electron chi connectivity index (χ1n) is 6.34. The average molecular weight is 473 g/mol. The van der Waals surface area contributed by atoms with Gasteiger partial charge in [-0.05, 0) is 44.4 Å². The summed E-state index contributed by atoms with van der Waals surface area (Å²) in [6.07, 6.45) is 0. The summed E-state index contributed by atoms with van der Waals surface area (Å²) >= 11 is 10.5. The Balaban J connectivity index is 2.21. The van der Waals surface area contributed by atoms with E-state index in [2.05, 4.69) is 59.9 Å². The molecule has 1 unspecified atom stereocenters. The van der Waals surface area contributed by atoms with Crippen LogP contribution in [0.3, 0.4) is 0 Å². The summed E-state index contributed by atoms with van der Waals surface area (Å²) in [5.41, 5.74) is 1.67. The van der Waals surface area contributed by atoms with E-state index in [1.165, 1.54) is 0 Å². The zero-order valence-corrected chi connectivity index (χ0v) is 15.5. The quantitative estimate of drug-likeness (QED) is 0.353. The topological polar surface area (TPSA) is 0 Å². The minimum absolute atomic E-state index is 0.201. The second-order valence-electron chi connectivity index (χ2n) is 4.69. The van der Waals surface area contributed by atoms with Crippen LogP contribution in [0.25, 0.3) is 10.8 Å². The van der Waals surface area contributed by atoms with Crippen LogP contribution in [-0.2, 0) is 0 Å². The molecule has 0 fully saturated rings. The van der Waals surface area contributed by atoms with Gasteiger partial charge in [0, 0.05) is 10.0 Å². The van der Waals surface area contributed by atoms with Gasteiger partial charge in [0.2, 0.25) is 0 Å². The minimum atomic E-state index is -0.230. The summed E-state index contributed by atoms with van der Waals surface area (Å²) in [4.78, 5) is -0.201. The summed E-state index contributed by atoms with van der Waals surface area (Å²) in [5, 5.41) is 2.22. The van der Waals surface area contributed by atoms with E-state index in [9.17, 15) is 4.39 Å². The van der Waals surface area contributed by atoms with E-state index < -0.39 is 0 Å². The fourth-order valence-electron chi connectivity index (χ4n) is 2.39. The summed E-state index contributed by atoms with van der Waals surface area (Å²) in [6, 6.07) is 17.5. The number of alkyl halides is 1. The normalized spacial score (nSPS) is 12.6. The maximum atomic E-state index is 14.3. The van der Waals surface area contributed by atoms with Crippen LogP contribution in [0.1, 0.15) is 16.0 Å². The summed E-state index contributed by atoms with van der Waals surface area (Å²) in [5.74, 6) is -0.230. The SMILES string of the molecule is Fc1c(Br)cccc1C(Br)c1ccc(Br)c2ccccc12. The molecular formula is C17H10Br3F. The lowest BCUT2D eigenvalue weighted by molar-refractivity contribution is 0.607. The van der Waals surface area contributed by atoms with Crippen molar-refractivity contribution in [2.45, 2.75) is 4.83 Å². The molecule has 0 bridgehead atoms. The highest BCUT2D eigenvalue weighted by molar-refractivity contribution is 9.11. The van der Waals surface area contributed by atoms with Crippen LogP contribution in [0.5, 0.6) is 0 Å². The molecule has 3 rings (SSSR count). The molecule has 0 nitrogen and oxygen atoms in total. The molecule has 3 aromatic rings. The molecule has 0 radical (unpaired) electrons. The third kappa shape index (κ3) is 2.81. The van der Waals surface area contributed by atoms with Gasteiger partial charge in [-0.3, -0.25) is 0 Å². The number of halogens is 4. The van der Waals surface area contributed by atoms with Crippen LogP contribution in [0.15, 0.2) is 63.5 Å². The molecule has 21 heavy (non-hydrogen) atoms. The fourth-order valence-corrected chi connectivity index (χ4v) is 4.00. The first kappa shape index (κ1) is 15.2. The molecule has 0 aliphatic heterocycles. The van der Waals surface area contributed by atoms with Crippen molar-refractivity contribution in [1.82, 2.24) is 0 Å². The van der Waals surface area contributed by atoms with E-state index >= 15 is 0 Å². The summed E-state index contributed by atoms with van der Waals surface area (Å²) in [6.45, 7) is 0. The average Bonchev–Trinajstić information content (AvgIpc) is 2.50. The van der Waals surface area contributed by atoms with Crippen molar-refractivity contribution < 1.29 is 4.39 Å². The van der Waals surface area contributed by atoms with Gasteiger partial charge < -0.3 is 0 Å². The van der Waals surface area contributed by atoms with Gasteiger partial charge in [0.25, 0.3) is 0 Å². The van der Waals surface area contributed by atoms with Crippen LogP contribution in [0.4, 0.5) is 4.39 Å². The molecule has 0 saturated carbocycles. The van der Waals surface area contributed by atoms with Gasteiger partial charge in [0.1, 0.15) is 5.82 Å². The third-order valence-electron chi connectivity index (χ3n) is 3.43. The number of rotatable bonds is 2. The van der Waals surface area contributed by atoms with Crippen molar-refractivity contribution in [3.8, 4) is 0 Å². The zero-order valence-electron chi connectivity index (χ0n) is 10.8. The third-order valence-corrected chi connectivity index (χ3v) is 5.72. The molecule has 0 amide bonds. The molecular weight excluding hydrogens is 463 g/mol. The van der Waals surface area contributed by atoms with Crippen LogP contribution in [0.2, 0.25) is 0 Å². The van der Waals surface area contributed by atoms with Gasteiger partial charge in [-0.1, -0.05) is 74.3 Å². The maximum absolute atomic E-state index is 14.3. The molecule has 0 aromatic heterocycles. The Morgan fingerprint density at radius 3 is 2.19 bits per heavy atom. The fraction of sp³-hybridized carbons (Fsp3) is 0.0588. The van der Waals surface area contributed by atoms with Gasteiger partial charge in [-0.2, -0.15) is 0 Å². The van der Waals surface area contributed by atoms with Gasteiger partial charge >= 0.3 is 0 Å². The van der Waals surface area contributed by atoms with E-state index in [0.717, 1.165) is 20.8 Å². The molecule has 0 heterocycles. The van der Waals surface area contributed by atoms with Crippen molar-refractivity contribution in [3.63, 3.8) is 0 Å². The predicted molar refractivity (Wildman–Crippen MR) is 96.5 cm³/mol. The molecule has 0 saturated heterocycles. The Bertz CT molecular complexity index is 814. The van der Waals surface area contributed by atoms with E-state index in [4.69, 9.17) is 0 Å². The predicted octanol–water partition coefficient (Wildman–Crippen LogP) is 6.99. The van der Waals surface area contributed by atoms with Gasteiger partial charge in [-0.15, -0.1) is 0 Å². The van der Waals surface area contributed by atoms with E-state index in [1.54, 1.807) is 12.1 Å². The molecule has 0 spiro atoms. The van der Waals surface area contributed by atoms with Crippen LogP contribution in [0, 0.1) is 5.82 Å². The Morgan fingerprint density at radius 1 is 0.714 bits per heavy atom. The smallest absolute Gasteiger partial charge is 0.142 e. The highest BCUT2D eigenvalue weighted by Crippen LogP contribution is 2.39. The Kier molecular flexibility index (Phi) is 4.48. The lowest BCUT2D eigenvalue weighted by atomic mass is 9.98. The van der Waals surface area contributed by atoms with Crippen molar-refractivity contribution in [3.05, 3.63) is 80.5 Å². The maximum Gasteiger partial charge on any atom is 0.142 e. The summed E-state index contributed by atoms with van der Waals surface area (Å²) < 4.78 is 15.8. The second kappa shape index (κ2) is 6.19. The van der Waals surface area contributed by atoms with E-state index in [0.29, 0.717) is 10.0 Å². The molecule has 4 heteroatoms. The Morgan fingerprint density at radius 2 is 1.43 bits per heavy atom. The minimum Gasteiger partial charge on any atom is -0.205 e. The van der Waals surface area contributed by atoms with Gasteiger partial charge in [0.15, 0.2) is 0 Å². The van der Waals surface area contributed by atoms with Crippen molar-refractivity contribution in [2.75, 3.05) is 0 Å². The molecule has 0 aliphatic rings. The Labute approximate surface area is 147 Å². The first-order valence-corrected chi connectivity index (χ1v) is 8.85. The first-order chi connectivity index (χ1) is 10.1. The monoisotopic (exact) mass is 470 g/mol. The largest absolute Gasteiger partial charge is 0.205 e. The zero-order chi connectivity index (χ0) is 15.0. The number of hydrogen-bond acceptors (Lipinski definition) is 0. The van der Waals surface area contributed by atoms with Crippen molar-refractivity contribution in [1.29, 1.82) is 0 Å². The molecule has 106 valence electrons. The van der Waals surface area contributed by atoms with E-state index in [-0.39, 0.29) is 10.6 Å². The lowest BCUT2D eigenvalue weighted by Crippen LogP contribution is -1.98. The molecule has 0 N–H and O–H groups in total. The van der Waals surface area contributed by atoms with Crippen molar-refractivity contribution >= 4 is 58.6 Å². The summed E-state index contributed by atoms with van der Waals surface area (Å²) in [7, 11) is 0. The van der Waals surface area contributed by atoms with Gasteiger partial charge in [-0.25, -0.2) is 4.39 Å². The van der Waals surface area contributed by atoms with Crippen LogP contribution < -0.4 is 0 Å². The lowest BCUT2D eigenvalue weighted by Gasteiger charge is -2.16. The highest BCUT2D eigenvalue weighted by Gasteiger charge is 2.19. The number of hydrogen-bond donors (Lipinski definition) is 0. The highest BCUT2D eigenvalue weighted by atomic mass is 79.9. The molecule has 1 atom stereocenters. The van der Waals surface area contributed by atoms with Gasteiger partial charge in [0.05, 0.1) is 9.30 Å². The molecule has 0 aliphatic carbocycles. The number of fused-ring (bicyclic) bond motifs is 1. The second-order valence-corrected chi connectivity index (χ2v) is 7.31. The van der Waals surface area contributed by atoms with E-state index in [1.807, 2.05) is 30.3 Å². The van der Waals surface area contributed by atoms with Crippen molar-refractivity contribution in [2.24, 2.45) is 0 Å². The number of benzene rings is 3. The van der Waals surface area contributed by atoms with Crippen LogP contribution in [-0.4, -0.2) is 0 Å². The van der Waals surface area contributed by atoms with Crippen LogP contribution >= 0.6 is 47.8 Å².